The standard InChI is InChI=1S/C20H11ClF10O/c1-9(32)12-4-2-11(6-15(12)20(29,30)31)17(22)8-14(19(26,27)28)10-3-5-13(16(21)7-10)18(23,24)25/h2-8,14H,1H3/b17-8-. The van der Waals surface area contributed by atoms with Crippen molar-refractivity contribution in [3.05, 3.63) is 75.3 Å². The van der Waals surface area contributed by atoms with E-state index < -0.39 is 68.9 Å². The largest absolute Gasteiger partial charge is 0.417 e. The summed E-state index contributed by atoms with van der Waals surface area (Å²) in [6.45, 7) is 0.824. The molecule has 0 saturated heterocycles. The van der Waals surface area contributed by atoms with Crippen LogP contribution in [0.25, 0.3) is 5.83 Å². The van der Waals surface area contributed by atoms with Crippen molar-refractivity contribution in [3.8, 4) is 0 Å². The zero-order chi connectivity index (χ0) is 24.6. The van der Waals surface area contributed by atoms with E-state index in [4.69, 9.17) is 11.6 Å². The van der Waals surface area contributed by atoms with E-state index in [2.05, 4.69) is 0 Å². The van der Waals surface area contributed by atoms with Crippen molar-refractivity contribution >= 4 is 23.2 Å². The molecule has 0 radical (unpaired) electrons. The minimum atomic E-state index is -5.22. The number of carbonyl (C=O) groups is 1. The van der Waals surface area contributed by atoms with E-state index in [1.807, 2.05) is 0 Å². The van der Waals surface area contributed by atoms with Crippen molar-refractivity contribution in [2.24, 2.45) is 0 Å². The third-order valence-corrected chi connectivity index (χ3v) is 4.62. The predicted molar refractivity (Wildman–Crippen MR) is 95.8 cm³/mol. The normalized spacial score (nSPS) is 14.4. The lowest BCUT2D eigenvalue weighted by Crippen LogP contribution is -2.20. The Morgan fingerprint density at radius 2 is 1.44 bits per heavy atom. The summed E-state index contributed by atoms with van der Waals surface area (Å²) < 4.78 is 133. The maximum atomic E-state index is 14.6. The quantitative estimate of drug-likeness (QED) is 0.310. The van der Waals surface area contributed by atoms with Gasteiger partial charge in [-0.1, -0.05) is 29.8 Å². The van der Waals surface area contributed by atoms with E-state index in [9.17, 15) is 48.7 Å². The van der Waals surface area contributed by atoms with Crippen molar-refractivity contribution in [1.29, 1.82) is 0 Å². The molecule has 32 heavy (non-hydrogen) atoms. The van der Waals surface area contributed by atoms with Crippen LogP contribution in [0.4, 0.5) is 43.9 Å². The second kappa shape index (κ2) is 8.76. The zero-order valence-corrected chi connectivity index (χ0v) is 16.4. The van der Waals surface area contributed by atoms with Gasteiger partial charge < -0.3 is 0 Å². The van der Waals surface area contributed by atoms with Crippen LogP contribution in [0.2, 0.25) is 5.02 Å². The molecule has 0 aromatic heterocycles. The number of Topliss-reactive ketones (excluding diaryl/α,β-unsaturated/α-hetero) is 1. The predicted octanol–water partition coefficient (Wildman–Crippen LogP) is 8.24. The second-order valence-corrected chi connectivity index (χ2v) is 6.99. The third kappa shape index (κ3) is 5.81. The molecule has 0 spiro atoms. The van der Waals surface area contributed by atoms with Gasteiger partial charge in [0.1, 0.15) is 11.7 Å². The number of hydrogen-bond acceptors (Lipinski definition) is 1. The summed E-state index contributed by atoms with van der Waals surface area (Å²) in [5.41, 5.74) is -5.54. The lowest BCUT2D eigenvalue weighted by atomic mass is 9.94. The first-order valence-electron chi connectivity index (χ1n) is 8.46. The van der Waals surface area contributed by atoms with Crippen LogP contribution < -0.4 is 0 Å². The smallest absolute Gasteiger partial charge is 0.294 e. The van der Waals surface area contributed by atoms with Gasteiger partial charge in [0, 0.05) is 11.1 Å². The van der Waals surface area contributed by atoms with Crippen molar-refractivity contribution in [1.82, 2.24) is 0 Å². The molecular formula is C20H11ClF10O. The molecule has 1 unspecified atom stereocenters. The van der Waals surface area contributed by atoms with Gasteiger partial charge in [0.25, 0.3) is 0 Å². The molecule has 2 aromatic carbocycles. The van der Waals surface area contributed by atoms with E-state index in [0.717, 1.165) is 6.92 Å². The topological polar surface area (TPSA) is 17.1 Å². The molecule has 2 rings (SSSR count). The van der Waals surface area contributed by atoms with Crippen LogP contribution in [0.15, 0.2) is 42.5 Å². The highest BCUT2D eigenvalue weighted by atomic mass is 35.5. The van der Waals surface area contributed by atoms with Crippen molar-refractivity contribution < 1.29 is 48.7 Å². The van der Waals surface area contributed by atoms with Gasteiger partial charge in [-0.15, -0.1) is 0 Å². The summed E-state index contributed by atoms with van der Waals surface area (Å²) in [4.78, 5) is 11.4. The molecule has 0 heterocycles. The van der Waals surface area contributed by atoms with Crippen LogP contribution in [0.3, 0.4) is 0 Å². The number of hydrogen-bond donors (Lipinski definition) is 0. The van der Waals surface area contributed by atoms with E-state index in [0.29, 0.717) is 24.3 Å². The molecule has 1 atom stereocenters. The molecule has 0 N–H and O–H groups in total. The summed E-state index contributed by atoms with van der Waals surface area (Å²) in [6.07, 6.45) is -15.3. The van der Waals surface area contributed by atoms with Crippen molar-refractivity contribution in [3.63, 3.8) is 0 Å². The minimum Gasteiger partial charge on any atom is -0.294 e. The average Bonchev–Trinajstić information content (AvgIpc) is 2.62. The Balaban J connectivity index is 2.59. The first-order chi connectivity index (χ1) is 14.4. The fourth-order valence-electron chi connectivity index (χ4n) is 2.81. The Labute approximate surface area is 179 Å². The van der Waals surface area contributed by atoms with Gasteiger partial charge in [0.2, 0.25) is 0 Å². The number of alkyl halides is 9. The van der Waals surface area contributed by atoms with Gasteiger partial charge in [-0.3, -0.25) is 4.79 Å². The highest BCUT2D eigenvalue weighted by Crippen LogP contribution is 2.42. The lowest BCUT2D eigenvalue weighted by Gasteiger charge is -2.19. The van der Waals surface area contributed by atoms with Gasteiger partial charge in [0.05, 0.1) is 16.1 Å². The highest BCUT2D eigenvalue weighted by molar-refractivity contribution is 6.31. The summed E-state index contributed by atoms with van der Waals surface area (Å²) in [5, 5.41) is -1.07. The van der Waals surface area contributed by atoms with Gasteiger partial charge in [-0.2, -0.15) is 39.5 Å². The van der Waals surface area contributed by atoms with Crippen LogP contribution >= 0.6 is 11.6 Å². The van der Waals surface area contributed by atoms with E-state index in [1.54, 1.807) is 0 Å². The molecule has 0 aliphatic carbocycles. The molecule has 1 nitrogen and oxygen atoms in total. The van der Waals surface area contributed by atoms with Gasteiger partial charge >= 0.3 is 18.5 Å². The van der Waals surface area contributed by atoms with Crippen LogP contribution in [0.5, 0.6) is 0 Å². The number of benzene rings is 2. The van der Waals surface area contributed by atoms with E-state index in [-0.39, 0.29) is 18.2 Å². The summed E-state index contributed by atoms with van der Waals surface area (Å²) in [6, 6.07) is 2.56. The number of allylic oxidation sites excluding steroid dienone is 1. The number of halogens is 11. The fourth-order valence-corrected chi connectivity index (χ4v) is 3.11. The highest BCUT2D eigenvalue weighted by Gasteiger charge is 2.41. The van der Waals surface area contributed by atoms with Crippen LogP contribution in [-0.4, -0.2) is 12.0 Å². The summed E-state index contributed by atoms with van der Waals surface area (Å²) in [7, 11) is 0. The van der Waals surface area contributed by atoms with Gasteiger partial charge in [0.15, 0.2) is 5.78 Å². The Morgan fingerprint density at radius 3 is 1.88 bits per heavy atom. The van der Waals surface area contributed by atoms with Crippen LogP contribution in [0, 0.1) is 0 Å². The van der Waals surface area contributed by atoms with Crippen molar-refractivity contribution in [2.45, 2.75) is 31.4 Å². The molecule has 174 valence electrons. The van der Waals surface area contributed by atoms with Crippen LogP contribution in [0.1, 0.15) is 45.5 Å². The minimum absolute atomic E-state index is 0.0815. The van der Waals surface area contributed by atoms with E-state index in [1.165, 1.54) is 0 Å². The molecule has 0 amide bonds. The maximum Gasteiger partial charge on any atom is 0.417 e. The average molecular weight is 493 g/mol. The molecular weight excluding hydrogens is 482 g/mol. The van der Waals surface area contributed by atoms with Crippen molar-refractivity contribution in [2.75, 3.05) is 0 Å². The molecule has 0 fully saturated rings. The zero-order valence-electron chi connectivity index (χ0n) is 15.7. The molecule has 0 aliphatic rings. The van der Waals surface area contributed by atoms with Gasteiger partial charge in [-0.25, -0.2) is 4.39 Å². The fraction of sp³-hybridized carbons (Fsp3) is 0.250. The molecule has 12 heteroatoms. The third-order valence-electron chi connectivity index (χ3n) is 4.30. The van der Waals surface area contributed by atoms with Crippen LogP contribution in [-0.2, 0) is 12.4 Å². The molecule has 2 aromatic rings. The van der Waals surface area contributed by atoms with E-state index >= 15 is 0 Å². The Hall–Kier alpha value is -2.56. The molecule has 0 bridgehead atoms. The number of rotatable bonds is 4. The molecule has 0 aliphatic heterocycles. The van der Waals surface area contributed by atoms with Gasteiger partial charge in [-0.05, 0) is 36.8 Å². The monoisotopic (exact) mass is 492 g/mol. The Morgan fingerprint density at radius 1 is 0.875 bits per heavy atom. The molecule has 0 saturated carbocycles. The lowest BCUT2D eigenvalue weighted by molar-refractivity contribution is -0.140. The summed E-state index contributed by atoms with van der Waals surface area (Å²) >= 11 is 5.42. The maximum absolute atomic E-state index is 14.6. The number of carbonyl (C=O) groups excluding carboxylic acids is 1. The second-order valence-electron chi connectivity index (χ2n) is 6.59. The SMILES string of the molecule is CC(=O)c1ccc(/C(F)=C/C(c2ccc(C(F)(F)F)c(Cl)c2)C(F)(F)F)cc1C(F)(F)F. The Bertz CT molecular complexity index is 1050. The Kier molecular flexibility index (Phi) is 7.04. The first kappa shape index (κ1) is 25.7. The summed E-state index contributed by atoms with van der Waals surface area (Å²) in [5.74, 6) is -5.55. The first-order valence-corrected chi connectivity index (χ1v) is 8.84. The number of ketones is 1.